The minimum Gasteiger partial charge on any atom is -0.491 e. The standard InChI is InChI=1S/C17H19F2NO/c1-11(2)21-17-7-5-4-6-13(17)10-20-16-9-14(18)12(3)8-15(16)19/h4-9,11,20H,10H2,1-3H3. The summed E-state index contributed by atoms with van der Waals surface area (Å²) in [6.45, 7) is 5.79. The summed E-state index contributed by atoms with van der Waals surface area (Å²) in [4.78, 5) is 0. The van der Waals surface area contributed by atoms with Crippen LogP contribution in [-0.2, 0) is 6.54 Å². The predicted octanol–water partition coefficient (Wildman–Crippen LogP) is 4.67. The van der Waals surface area contributed by atoms with Crippen molar-refractivity contribution in [3.8, 4) is 5.75 Å². The molecular weight excluding hydrogens is 272 g/mol. The summed E-state index contributed by atoms with van der Waals surface area (Å²) >= 11 is 0. The fourth-order valence-corrected chi connectivity index (χ4v) is 1.99. The average molecular weight is 291 g/mol. The number of nitrogens with one attached hydrogen (secondary N) is 1. The van der Waals surface area contributed by atoms with E-state index in [0.29, 0.717) is 12.1 Å². The van der Waals surface area contributed by atoms with Gasteiger partial charge in [0.1, 0.15) is 17.4 Å². The van der Waals surface area contributed by atoms with Crippen molar-refractivity contribution in [3.05, 3.63) is 59.2 Å². The first-order valence-electron chi connectivity index (χ1n) is 6.91. The Bertz CT molecular complexity index is 626. The lowest BCUT2D eigenvalue weighted by Gasteiger charge is -2.15. The summed E-state index contributed by atoms with van der Waals surface area (Å²) in [6.07, 6.45) is 0.0553. The number of ether oxygens (including phenoxy) is 1. The van der Waals surface area contributed by atoms with Gasteiger partial charge in [0.25, 0.3) is 0 Å². The van der Waals surface area contributed by atoms with Gasteiger partial charge in [-0.1, -0.05) is 18.2 Å². The highest BCUT2D eigenvalue weighted by Crippen LogP contribution is 2.23. The fraction of sp³-hybridized carbons (Fsp3) is 0.294. The molecule has 0 atom stereocenters. The van der Waals surface area contributed by atoms with Crippen LogP contribution in [0, 0.1) is 18.6 Å². The number of benzene rings is 2. The number of anilines is 1. The maximum absolute atomic E-state index is 13.8. The molecule has 0 fully saturated rings. The molecule has 1 N–H and O–H groups in total. The van der Waals surface area contributed by atoms with Gasteiger partial charge in [-0.15, -0.1) is 0 Å². The average Bonchev–Trinajstić information content (AvgIpc) is 2.42. The minimum absolute atomic E-state index is 0.0553. The van der Waals surface area contributed by atoms with Crippen molar-refractivity contribution < 1.29 is 13.5 Å². The molecule has 0 saturated carbocycles. The molecule has 0 aliphatic carbocycles. The zero-order chi connectivity index (χ0) is 15.4. The van der Waals surface area contributed by atoms with Crippen LogP contribution in [0.2, 0.25) is 0 Å². The molecule has 0 aliphatic heterocycles. The summed E-state index contributed by atoms with van der Waals surface area (Å²) in [7, 11) is 0. The van der Waals surface area contributed by atoms with E-state index >= 15 is 0 Å². The van der Waals surface area contributed by atoms with Crippen molar-refractivity contribution in [2.45, 2.75) is 33.4 Å². The van der Waals surface area contributed by atoms with E-state index < -0.39 is 11.6 Å². The van der Waals surface area contributed by atoms with Crippen LogP contribution in [0.4, 0.5) is 14.5 Å². The van der Waals surface area contributed by atoms with Crippen LogP contribution in [0.3, 0.4) is 0 Å². The third kappa shape index (κ3) is 3.94. The van der Waals surface area contributed by atoms with Gasteiger partial charge in [-0.25, -0.2) is 8.78 Å². The number of hydrogen-bond acceptors (Lipinski definition) is 2. The van der Waals surface area contributed by atoms with E-state index in [1.54, 1.807) is 0 Å². The van der Waals surface area contributed by atoms with E-state index in [1.807, 2.05) is 38.1 Å². The van der Waals surface area contributed by atoms with Crippen molar-refractivity contribution in [3.63, 3.8) is 0 Å². The molecule has 0 bridgehead atoms. The van der Waals surface area contributed by atoms with Gasteiger partial charge in [0.05, 0.1) is 11.8 Å². The zero-order valence-electron chi connectivity index (χ0n) is 12.4. The van der Waals surface area contributed by atoms with E-state index in [1.165, 1.54) is 19.1 Å². The van der Waals surface area contributed by atoms with Gasteiger partial charge in [0.2, 0.25) is 0 Å². The van der Waals surface area contributed by atoms with Crippen LogP contribution in [0.25, 0.3) is 0 Å². The highest BCUT2D eigenvalue weighted by molar-refractivity contribution is 5.48. The molecule has 2 aromatic rings. The first kappa shape index (κ1) is 15.3. The van der Waals surface area contributed by atoms with Crippen LogP contribution in [0.1, 0.15) is 25.0 Å². The van der Waals surface area contributed by atoms with Gasteiger partial charge in [-0.05, 0) is 38.5 Å². The Balaban J connectivity index is 2.15. The van der Waals surface area contributed by atoms with E-state index in [9.17, 15) is 8.78 Å². The third-order valence-electron chi connectivity index (χ3n) is 3.05. The lowest BCUT2D eigenvalue weighted by Crippen LogP contribution is -2.09. The van der Waals surface area contributed by atoms with Crippen molar-refractivity contribution in [2.24, 2.45) is 0 Å². The predicted molar refractivity (Wildman–Crippen MR) is 80.6 cm³/mol. The van der Waals surface area contributed by atoms with Crippen LogP contribution >= 0.6 is 0 Å². The molecule has 0 saturated heterocycles. The largest absolute Gasteiger partial charge is 0.491 e. The number of halogens is 2. The van der Waals surface area contributed by atoms with Gasteiger partial charge in [-0.2, -0.15) is 0 Å². The second-order valence-corrected chi connectivity index (χ2v) is 5.21. The molecule has 4 heteroatoms. The topological polar surface area (TPSA) is 21.3 Å². The maximum atomic E-state index is 13.8. The van der Waals surface area contributed by atoms with E-state index in [0.717, 1.165) is 11.3 Å². The highest BCUT2D eigenvalue weighted by Gasteiger charge is 2.09. The normalized spacial score (nSPS) is 10.8. The van der Waals surface area contributed by atoms with E-state index in [4.69, 9.17) is 4.74 Å². The lowest BCUT2D eigenvalue weighted by atomic mass is 10.1. The molecule has 0 unspecified atom stereocenters. The summed E-state index contributed by atoms with van der Waals surface area (Å²) in [5.74, 6) is -0.144. The van der Waals surface area contributed by atoms with Crippen molar-refractivity contribution >= 4 is 5.69 Å². The first-order valence-corrected chi connectivity index (χ1v) is 6.91. The second kappa shape index (κ2) is 6.57. The molecule has 0 heterocycles. The van der Waals surface area contributed by atoms with Crippen LogP contribution < -0.4 is 10.1 Å². The Morgan fingerprint density at radius 3 is 2.52 bits per heavy atom. The molecule has 0 aliphatic rings. The second-order valence-electron chi connectivity index (χ2n) is 5.21. The highest BCUT2D eigenvalue weighted by atomic mass is 19.1. The van der Waals surface area contributed by atoms with Crippen molar-refractivity contribution in [1.82, 2.24) is 0 Å². The van der Waals surface area contributed by atoms with Crippen LogP contribution in [0.5, 0.6) is 5.75 Å². The fourth-order valence-electron chi connectivity index (χ4n) is 1.99. The lowest BCUT2D eigenvalue weighted by molar-refractivity contribution is 0.240. The molecule has 2 aromatic carbocycles. The Hall–Kier alpha value is -2.10. The van der Waals surface area contributed by atoms with E-state index in [2.05, 4.69) is 5.32 Å². The Morgan fingerprint density at radius 1 is 1.10 bits per heavy atom. The minimum atomic E-state index is -0.462. The number of para-hydroxylation sites is 1. The first-order chi connectivity index (χ1) is 9.97. The van der Waals surface area contributed by atoms with E-state index in [-0.39, 0.29) is 11.8 Å². The summed E-state index contributed by atoms with van der Waals surface area (Å²) in [5, 5.41) is 2.92. The quantitative estimate of drug-likeness (QED) is 0.864. The van der Waals surface area contributed by atoms with Gasteiger partial charge < -0.3 is 10.1 Å². The molecule has 0 aromatic heterocycles. The third-order valence-corrected chi connectivity index (χ3v) is 3.05. The molecule has 0 amide bonds. The summed E-state index contributed by atoms with van der Waals surface area (Å²) < 4.78 is 33.0. The van der Waals surface area contributed by atoms with Gasteiger partial charge in [-0.3, -0.25) is 0 Å². The molecule has 112 valence electrons. The number of hydrogen-bond donors (Lipinski definition) is 1. The molecule has 2 rings (SSSR count). The molecule has 0 spiro atoms. The maximum Gasteiger partial charge on any atom is 0.146 e. The van der Waals surface area contributed by atoms with Gasteiger partial charge in [0, 0.05) is 18.2 Å². The monoisotopic (exact) mass is 291 g/mol. The van der Waals surface area contributed by atoms with Crippen LogP contribution in [-0.4, -0.2) is 6.10 Å². The number of rotatable bonds is 5. The van der Waals surface area contributed by atoms with Crippen molar-refractivity contribution in [1.29, 1.82) is 0 Å². The zero-order valence-corrected chi connectivity index (χ0v) is 12.4. The SMILES string of the molecule is Cc1cc(F)c(NCc2ccccc2OC(C)C)cc1F. The Morgan fingerprint density at radius 2 is 1.81 bits per heavy atom. The molecule has 2 nitrogen and oxygen atoms in total. The van der Waals surface area contributed by atoms with Gasteiger partial charge in [0.15, 0.2) is 0 Å². The Labute approximate surface area is 123 Å². The Kier molecular flexibility index (Phi) is 4.78. The summed E-state index contributed by atoms with van der Waals surface area (Å²) in [6, 6.07) is 9.89. The smallest absolute Gasteiger partial charge is 0.146 e. The van der Waals surface area contributed by atoms with Crippen LogP contribution in [0.15, 0.2) is 36.4 Å². The number of aryl methyl sites for hydroxylation is 1. The molecule has 21 heavy (non-hydrogen) atoms. The van der Waals surface area contributed by atoms with Gasteiger partial charge >= 0.3 is 0 Å². The molecular formula is C17H19F2NO. The van der Waals surface area contributed by atoms with Crippen molar-refractivity contribution in [2.75, 3.05) is 5.32 Å². The molecule has 0 radical (unpaired) electrons. The summed E-state index contributed by atoms with van der Waals surface area (Å²) in [5.41, 5.74) is 1.34.